The van der Waals surface area contributed by atoms with E-state index in [0.29, 0.717) is 12.3 Å². The molecule has 0 radical (unpaired) electrons. The Morgan fingerprint density at radius 1 is 1.38 bits per heavy atom. The predicted molar refractivity (Wildman–Crippen MR) is 81.9 cm³/mol. The number of methoxy groups -OCH3 is 1. The van der Waals surface area contributed by atoms with E-state index in [1.54, 1.807) is 21.0 Å². The lowest BCUT2D eigenvalue weighted by Crippen LogP contribution is -2.31. The summed E-state index contributed by atoms with van der Waals surface area (Å²) in [5, 5.41) is 12.4. The minimum absolute atomic E-state index is 0.120. The summed E-state index contributed by atoms with van der Waals surface area (Å²) < 4.78 is 10.9. The quantitative estimate of drug-likeness (QED) is 0.686. The molecular weight excluding hydrogens is 270 g/mol. The molecule has 5 heteroatoms. The van der Waals surface area contributed by atoms with Gasteiger partial charge in [-0.25, -0.2) is 0 Å². The van der Waals surface area contributed by atoms with E-state index in [-0.39, 0.29) is 6.61 Å². The second-order valence-corrected chi connectivity index (χ2v) is 5.63. The molecule has 1 rings (SSSR count). The number of rotatable bonds is 9. The first-order chi connectivity index (χ1) is 9.90. The van der Waals surface area contributed by atoms with E-state index < -0.39 is 11.4 Å². The molecule has 2 N–H and O–H groups in total. The molecule has 5 nitrogen and oxygen atoms in total. The zero-order valence-corrected chi connectivity index (χ0v) is 13.2. The molecule has 1 aromatic carbocycles. The number of carbonyl (C=O) groups is 1. The molecule has 0 heterocycles. The van der Waals surface area contributed by atoms with E-state index in [1.165, 1.54) is 0 Å². The van der Waals surface area contributed by atoms with Crippen LogP contribution in [0.1, 0.15) is 32.8 Å². The number of aliphatic carboxylic acids is 1. The van der Waals surface area contributed by atoms with Crippen LogP contribution in [0.3, 0.4) is 0 Å². The summed E-state index contributed by atoms with van der Waals surface area (Å²) in [4.78, 5) is 11.1. The van der Waals surface area contributed by atoms with E-state index in [0.717, 1.165) is 24.3 Å². The maximum Gasteiger partial charge on any atom is 0.312 e. The van der Waals surface area contributed by atoms with Crippen LogP contribution < -0.4 is 14.8 Å². The van der Waals surface area contributed by atoms with Gasteiger partial charge >= 0.3 is 5.97 Å². The van der Waals surface area contributed by atoms with Crippen molar-refractivity contribution in [3.63, 3.8) is 0 Å². The van der Waals surface area contributed by atoms with Gasteiger partial charge in [0.05, 0.1) is 12.5 Å². The highest BCUT2D eigenvalue weighted by Crippen LogP contribution is 2.26. The summed E-state index contributed by atoms with van der Waals surface area (Å²) in [6, 6.07) is 5.54. The molecule has 0 aromatic heterocycles. The summed E-state index contributed by atoms with van der Waals surface area (Å²) >= 11 is 0. The van der Waals surface area contributed by atoms with Crippen molar-refractivity contribution in [1.82, 2.24) is 5.32 Å². The van der Waals surface area contributed by atoms with E-state index in [2.05, 4.69) is 12.2 Å². The number of hydrogen-bond donors (Lipinski definition) is 2. The molecule has 0 atom stereocenters. The molecule has 0 saturated carbocycles. The number of benzene rings is 1. The van der Waals surface area contributed by atoms with Crippen molar-refractivity contribution in [3.8, 4) is 11.5 Å². The molecule has 0 aliphatic heterocycles. The van der Waals surface area contributed by atoms with Crippen molar-refractivity contribution < 1.29 is 19.4 Å². The Morgan fingerprint density at radius 2 is 2.10 bits per heavy atom. The third kappa shape index (κ3) is 5.27. The topological polar surface area (TPSA) is 67.8 Å². The Labute approximate surface area is 126 Å². The predicted octanol–water partition coefficient (Wildman–Crippen LogP) is 2.68. The lowest BCUT2D eigenvalue weighted by Gasteiger charge is -2.21. The molecule has 0 unspecified atom stereocenters. The molecule has 0 saturated heterocycles. The van der Waals surface area contributed by atoms with Gasteiger partial charge in [-0.15, -0.1) is 0 Å². The zero-order valence-electron chi connectivity index (χ0n) is 13.2. The molecule has 21 heavy (non-hydrogen) atoms. The fraction of sp³-hybridized carbons (Fsp3) is 0.562. The molecule has 0 aliphatic carbocycles. The Bertz CT molecular complexity index is 471. The van der Waals surface area contributed by atoms with E-state index >= 15 is 0 Å². The Morgan fingerprint density at radius 3 is 2.67 bits per heavy atom. The summed E-state index contributed by atoms with van der Waals surface area (Å²) in [6.07, 6.45) is 1.05. The Kier molecular flexibility index (Phi) is 6.49. The molecule has 0 bridgehead atoms. The van der Waals surface area contributed by atoms with Gasteiger partial charge in [0.15, 0.2) is 0 Å². The van der Waals surface area contributed by atoms with Crippen LogP contribution in [0.5, 0.6) is 11.5 Å². The van der Waals surface area contributed by atoms with Gasteiger partial charge in [-0.1, -0.05) is 6.92 Å². The average Bonchev–Trinajstić information content (AvgIpc) is 2.45. The van der Waals surface area contributed by atoms with Crippen LogP contribution in [0.25, 0.3) is 0 Å². The first-order valence-electron chi connectivity index (χ1n) is 7.14. The number of nitrogens with one attached hydrogen (secondary N) is 1. The van der Waals surface area contributed by atoms with Crippen LogP contribution in [0.2, 0.25) is 0 Å². The number of ether oxygens (including phenoxy) is 2. The standard InChI is InChI=1S/C16H25NO4/c1-5-8-17-10-12-9-13(20-4)6-7-14(12)21-11-16(2,3)15(18)19/h6-7,9,17H,5,8,10-11H2,1-4H3,(H,18,19). The third-order valence-corrected chi connectivity index (χ3v) is 3.18. The van der Waals surface area contributed by atoms with Crippen LogP contribution in [-0.4, -0.2) is 31.3 Å². The fourth-order valence-corrected chi connectivity index (χ4v) is 1.68. The maximum atomic E-state index is 11.1. The van der Waals surface area contributed by atoms with Gasteiger partial charge in [0.25, 0.3) is 0 Å². The first kappa shape index (κ1) is 17.3. The van der Waals surface area contributed by atoms with Crippen LogP contribution in [0.15, 0.2) is 18.2 Å². The lowest BCUT2D eigenvalue weighted by atomic mass is 9.95. The van der Waals surface area contributed by atoms with Gasteiger partial charge in [0.2, 0.25) is 0 Å². The minimum atomic E-state index is -0.923. The molecule has 0 fully saturated rings. The maximum absolute atomic E-state index is 11.1. The van der Waals surface area contributed by atoms with Gasteiger partial charge in [0.1, 0.15) is 18.1 Å². The third-order valence-electron chi connectivity index (χ3n) is 3.18. The number of carboxylic acids is 1. The average molecular weight is 295 g/mol. The van der Waals surface area contributed by atoms with Crippen molar-refractivity contribution in [3.05, 3.63) is 23.8 Å². The highest BCUT2D eigenvalue weighted by molar-refractivity contribution is 5.73. The minimum Gasteiger partial charge on any atom is -0.497 e. The lowest BCUT2D eigenvalue weighted by molar-refractivity contribution is -0.148. The highest BCUT2D eigenvalue weighted by Gasteiger charge is 2.28. The van der Waals surface area contributed by atoms with Gasteiger partial charge in [-0.3, -0.25) is 4.79 Å². The van der Waals surface area contributed by atoms with Crippen LogP contribution in [-0.2, 0) is 11.3 Å². The molecule has 0 spiro atoms. The van der Waals surface area contributed by atoms with Crippen molar-refractivity contribution in [2.24, 2.45) is 5.41 Å². The first-order valence-corrected chi connectivity index (χ1v) is 7.14. The second-order valence-electron chi connectivity index (χ2n) is 5.63. The summed E-state index contributed by atoms with van der Waals surface area (Å²) in [7, 11) is 1.62. The van der Waals surface area contributed by atoms with E-state index in [4.69, 9.17) is 14.6 Å². The second kappa shape index (κ2) is 7.88. The molecular formula is C16H25NO4. The van der Waals surface area contributed by atoms with Crippen molar-refractivity contribution in [1.29, 1.82) is 0 Å². The Hall–Kier alpha value is -1.75. The van der Waals surface area contributed by atoms with Crippen LogP contribution >= 0.6 is 0 Å². The summed E-state index contributed by atoms with van der Waals surface area (Å²) in [6.45, 7) is 7.09. The summed E-state index contributed by atoms with van der Waals surface area (Å²) in [5.74, 6) is 0.573. The summed E-state index contributed by atoms with van der Waals surface area (Å²) in [5.41, 5.74) is 0.0395. The van der Waals surface area contributed by atoms with Crippen molar-refractivity contribution in [2.75, 3.05) is 20.3 Å². The van der Waals surface area contributed by atoms with Gasteiger partial charge in [-0.05, 0) is 45.0 Å². The highest BCUT2D eigenvalue weighted by atomic mass is 16.5. The van der Waals surface area contributed by atoms with Crippen LogP contribution in [0, 0.1) is 5.41 Å². The zero-order chi connectivity index (χ0) is 15.9. The van der Waals surface area contributed by atoms with E-state index in [9.17, 15) is 4.79 Å². The SMILES string of the molecule is CCCNCc1cc(OC)ccc1OCC(C)(C)C(=O)O. The molecule has 0 amide bonds. The van der Waals surface area contributed by atoms with Gasteiger partial charge in [-0.2, -0.15) is 0 Å². The monoisotopic (exact) mass is 295 g/mol. The van der Waals surface area contributed by atoms with Crippen molar-refractivity contribution in [2.45, 2.75) is 33.7 Å². The van der Waals surface area contributed by atoms with E-state index in [1.807, 2.05) is 18.2 Å². The number of hydrogen-bond acceptors (Lipinski definition) is 4. The van der Waals surface area contributed by atoms with Gasteiger partial charge in [0, 0.05) is 12.1 Å². The fourth-order valence-electron chi connectivity index (χ4n) is 1.68. The largest absolute Gasteiger partial charge is 0.497 e. The Balaban J connectivity index is 2.81. The number of carboxylic acid groups (broad SMARTS) is 1. The van der Waals surface area contributed by atoms with Gasteiger partial charge < -0.3 is 19.9 Å². The normalized spacial score (nSPS) is 11.2. The van der Waals surface area contributed by atoms with Crippen LogP contribution in [0.4, 0.5) is 0 Å². The van der Waals surface area contributed by atoms with Crippen molar-refractivity contribution >= 4 is 5.97 Å². The molecule has 118 valence electrons. The molecule has 1 aromatic rings. The smallest absolute Gasteiger partial charge is 0.312 e. The molecule has 0 aliphatic rings.